The predicted octanol–water partition coefficient (Wildman–Crippen LogP) is 2.66. The molecule has 0 radical (unpaired) electrons. The number of nitrogen functional groups attached to an aromatic ring is 1. The number of aromatic nitrogens is 4. The molecule has 3 aromatic heterocycles. The van der Waals surface area contributed by atoms with Gasteiger partial charge in [0.2, 0.25) is 5.91 Å². The number of aryl methyl sites for hydroxylation is 4. The van der Waals surface area contributed by atoms with Gasteiger partial charge >= 0.3 is 0 Å². The van der Waals surface area contributed by atoms with Gasteiger partial charge in [-0.25, -0.2) is 9.97 Å². The molecule has 0 aliphatic rings. The van der Waals surface area contributed by atoms with Crippen LogP contribution in [-0.2, 0) is 11.8 Å². The Kier molecular flexibility index (Phi) is 4.46. The summed E-state index contributed by atoms with van der Waals surface area (Å²) in [6.45, 7) is 5.93. The fraction of sp³-hybridized carbons (Fsp3) is 0.333. The minimum atomic E-state index is -0.135. The van der Waals surface area contributed by atoms with Gasteiger partial charge in [0.05, 0.1) is 16.8 Å². The van der Waals surface area contributed by atoms with E-state index in [1.165, 1.54) is 16.6 Å². The Labute approximate surface area is 147 Å². The second-order valence-corrected chi connectivity index (χ2v) is 7.63. The summed E-state index contributed by atoms with van der Waals surface area (Å²) < 4.78 is 1.63. The topological polar surface area (TPSA) is 98.7 Å². The number of anilines is 2. The van der Waals surface area contributed by atoms with Gasteiger partial charge in [0, 0.05) is 18.0 Å². The van der Waals surface area contributed by atoms with E-state index in [0.29, 0.717) is 16.8 Å². The molecule has 1 amide bonds. The number of carbonyl (C=O) groups is 1. The lowest BCUT2D eigenvalue weighted by Gasteiger charge is -2.05. The van der Waals surface area contributed by atoms with Crippen LogP contribution in [0.2, 0.25) is 0 Å². The molecule has 0 bridgehead atoms. The van der Waals surface area contributed by atoms with Gasteiger partial charge in [-0.3, -0.25) is 9.48 Å². The highest BCUT2D eigenvalue weighted by Crippen LogP contribution is 2.33. The largest absolute Gasteiger partial charge is 0.383 e. The zero-order chi connectivity index (χ0) is 17.4. The van der Waals surface area contributed by atoms with Crippen LogP contribution in [0.1, 0.15) is 16.1 Å². The van der Waals surface area contributed by atoms with Crippen LogP contribution in [0, 0.1) is 20.8 Å². The summed E-state index contributed by atoms with van der Waals surface area (Å²) in [5, 5.41) is 8.44. The molecule has 0 aliphatic carbocycles. The highest BCUT2D eigenvalue weighted by molar-refractivity contribution is 7.99. The maximum atomic E-state index is 12.1. The van der Waals surface area contributed by atoms with Gasteiger partial charge in [-0.05, 0) is 26.3 Å². The minimum absolute atomic E-state index is 0.135. The summed E-state index contributed by atoms with van der Waals surface area (Å²) in [5.74, 6) is 1.20. The van der Waals surface area contributed by atoms with Gasteiger partial charge < -0.3 is 11.1 Å². The van der Waals surface area contributed by atoms with Crippen LogP contribution in [0.25, 0.3) is 10.2 Å². The molecule has 0 atom stereocenters. The predicted molar refractivity (Wildman–Crippen MR) is 98.6 cm³/mol. The summed E-state index contributed by atoms with van der Waals surface area (Å²) in [5.41, 5.74) is 8.02. The normalized spacial score (nSPS) is 11.2. The zero-order valence-corrected chi connectivity index (χ0v) is 15.5. The molecule has 3 heterocycles. The summed E-state index contributed by atoms with van der Waals surface area (Å²) in [6.07, 6.45) is 0. The zero-order valence-electron chi connectivity index (χ0n) is 13.9. The summed E-state index contributed by atoms with van der Waals surface area (Å²) in [7, 11) is 1.79. The number of fused-ring (bicyclic) bond motifs is 1. The van der Waals surface area contributed by atoms with Crippen molar-refractivity contribution in [2.45, 2.75) is 25.9 Å². The number of amides is 1. The first-order chi connectivity index (χ1) is 11.3. The lowest BCUT2D eigenvalue weighted by Crippen LogP contribution is -2.16. The Hall–Kier alpha value is -2.13. The fourth-order valence-corrected chi connectivity index (χ4v) is 4.11. The Morgan fingerprint density at radius 2 is 2.12 bits per heavy atom. The van der Waals surface area contributed by atoms with Gasteiger partial charge in [-0.2, -0.15) is 5.10 Å². The number of nitrogens with one attached hydrogen (secondary N) is 1. The molecular formula is C15H18N6OS2. The van der Waals surface area contributed by atoms with Gasteiger partial charge in [0.15, 0.2) is 5.16 Å². The van der Waals surface area contributed by atoms with Crippen molar-refractivity contribution in [3.63, 3.8) is 0 Å². The quantitative estimate of drug-likeness (QED) is 0.547. The van der Waals surface area contributed by atoms with Crippen molar-refractivity contribution in [2.24, 2.45) is 7.05 Å². The molecule has 0 saturated heterocycles. The van der Waals surface area contributed by atoms with E-state index in [1.807, 2.05) is 26.8 Å². The van der Waals surface area contributed by atoms with Crippen molar-refractivity contribution in [2.75, 3.05) is 16.8 Å². The Balaban J connectivity index is 1.71. The van der Waals surface area contributed by atoms with E-state index in [-0.39, 0.29) is 11.7 Å². The van der Waals surface area contributed by atoms with Crippen LogP contribution in [0.5, 0.6) is 0 Å². The van der Waals surface area contributed by atoms with Crippen LogP contribution in [-0.4, -0.2) is 31.4 Å². The Morgan fingerprint density at radius 1 is 1.38 bits per heavy atom. The third-order valence-corrected chi connectivity index (χ3v) is 5.59. The number of thioether (sulfide) groups is 1. The molecule has 0 saturated carbocycles. The van der Waals surface area contributed by atoms with Crippen molar-refractivity contribution in [3.8, 4) is 0 Å². The molecule has 9 heteroatoms. The van der Waals surface area contributed by atoms with Crippen molar-refractivity contribution in [3.05, 3.63) is 22.2 Å². The standard InChI is InChI=1S/C15H18N6OS2/c1-7-5-10(21(4)20-7)17-11(22)6-23-15-18-13(16)12-8(2)9(3)24-14(12)19-15/h5H,6H2,1-4H3,(H,17,22)(H2,16,18,19). The van der Waals surface area contributed by atoms with E-state index >= 15 is 0 Å². The smallest absolute Gasteiger partial charge is 0.235 e. The molecule has 0 spiro atoms. The van der Waals surface area contributed by atoms with E-state index in [2.05, 4.69) is 20.4 Å². The first-order valence-corrected chi connectivity index (χ1v) is 9.12. The molecule has 3 N–H and O–H groups in total. The Bertz CT molecular complexity index is 930. The van der Waals surface area contributed by atoms with Gasteiger partial charge in [-0.15, -0.1) is 11.3 Å². The third-order valence-electron chi connectivity index (χ3n) is 3.64. The second-order valence-electron chi connectivity index (χ2n) is 5.49. The lowest BCUT2D eigenvalue weighted by molar-refractivity contribution is -0.113. The van der Waals surface area contributed by atoms with Crippen LogP contribution >= 0.6 is 23.1 Å². The van der Waals surface area contributed by atoms with Crippen LogP contribution in [0.15, 0.2) is 11.2 Å². The molecule has 0 aromatic carbocycles. The number of rotatable bonds is 4. The number of nitrogens with zero attached hydrogens (tertiary/aromatic N) is 4. The highest BCUT2D eigenvalue weighted by Gasteiger charge is 2.14. The van der Waals surface area contributed by atoms with Crippen molar-refractivity contribution in [1.82, 2.24) is 19.7 Å². The molecule has 24 heavy (non-hydrogen) atoms. The summed E-state index contributed by atoms with van der Waals surface area (Å²) in [6, 6.07) is 1.82. The monoisotopic (exact) mass is 362 g/mol. The number of hydrogen-bond acceptors (Lipinski definition) is 7. The summed E-state index contributed by atoms with van der Waals surface area (Å²) in [4.78, 5) is 23.0. The highest BCUT2D eigenvalue weighted by atomic mass is 32.2. The van der Waals surface area contributed by atoms with Crippen LogP contribution in [0.3, 0.4) is 0 Å². The third kappa shape index (κ3) is 3.22. The van der Waals surface area contributed by atoms with Gasteiger partial charge in [-0.1, -0.05) is 11.8 Å². The van der Waals surface area contributed by atoms with Crippen molar-refractivity contribution >= 4 is 50.9 Å². The average molecular weight is 362 g/mol. The molecule has 0 unspecified atom stereocenters. The number of nitrogens with two attached hydrogens (primary N) is 1. The first-order valence-electron chi connectivity index (χ1n) is 7.31. The van der Waals surface area contributed by atoms with Crippen LogP contribution < -0.4 is 11.1 Å². The molecular weight excluding hydrogens is 344 g/mol. The van der Waals surface area contributed by atoms with E-state index in [4.69, 9.17) is 5.73 Å². The molecule has 0 aliphatic heterocycles. The Morgan fingerprint density at radius 3 is 2.79 bits per heavy atom. The summed E-state index contributed by atoms with van der Waals surface area (Å²) >= 11 is 2.86. The molecule has 3 rings (SSSR count). The molecule has 7 nitrogen and oxygen atoms in total. The van der Waals surface area contributed by atoms with E-state index in [1.54, 1.807) is 23.1 Å². The number of thiophene rings is 1. The van der Waals surface area contributed by atoms with Crippen molar-refractivity contribution < 1.29 is 4.79 Å². The minimum Gasteiger partial charge on any atom is -0.383 e. The maximum absolute atomic E-state index is 12.1. The molecule has 3 aromatic rings. The van der Waals surface area contributed by atoms with Crippen molar-refractivity contribution in [1.29, 1.82) is 0 Å². The van der Waals surface area contributed by atoms with Gasteiger partial charge in [0.1, 0.15) is 16.5 Å². The SMILES string of the molecule is Cc1cc(NC(=O)CSc2nc(N)c3c(C)c(C)sc3n2)n(C)n1. The molecule has 126 valence electrons. The second kappa shape index (κ2) is 6.40. The van der Waals surface area contributed by atoms with Crippen LogP contribution in [0.4, 0.5) is 11.6 Å². The number of carbonyl (C=O) groups excluding carboxylic acids is 1. The van der Waals surface area contributed by atoms with E-state index in [9.17, 15) is 4.79 Å². The van der Waals surface area contributed by atoms with E-state index < -0.39 is 0 Å². The average Bonchev–Trinajstić information content (AvgIpc) is 2.96. The lowest BCUT2D eigenvalue weighted by atomic mass is 10.2. The maximum Gasteiger partial charge on any atom is 0.235 e. The fourth-order valence-electron chi connectivity index (χ4n) is 2.36. The van der Waals surface area contributed by atoms with E-state index in [0.717, 1.165) is 21.5 Å². The number of hydrogen-bond donors (Lipinski definition) is 2. The van der Waals surface area contributed by atoms with Gasteiger partial charge in [0.25, 0.3) is 0 Å². The molecule has 0 fully saturated rings. The first kappa shape index (κ1) is 16.7.